The third-order valence-corrected chi connectivity index (χ3v) is 7.05. The van der Waals surface area contributed by atoms with E-state index in [1.807, 2.05) is 36.1 Å². The average Bonchev–Trinajstić information content (AvgIpc) is 3.15. The van der Waals surface area contributed by atoms with Crippen molar-refractivity contribution in [1.29, 1.82) is 0 Å². The van der Waals surface area contributed by atoms with E-state index in [1.54, 1.807) is 11.8 Å². The largest absolute Gasteiger partial charge is 0.353 e. The smallest absolute Gasteiger partial charge is 0.236 e. The molecule has 5 heteroatoms. The Morgan fingerprint density at radius 2 is 1.75 bits per heavy atom. The van der Waals surface area contributed by atoms with Gasteiger partial charge in [0.15, 0.2) is 5.78 Å². The number of aryl methyl sites for hydroxylation is 1. The Morgan fingerprint density at radius 3 is 2.46 bits per heavy atom. The van der Waals surface area contributed by atoms with Crippen molar-refractivity contribution in [2.45, 2.75) is 64.1 Å². The molecule has 5 nitrogen and oxygen atoms in total. The lowest BCUT2D eigenvalue weighted by atomic mass is 9.88. The number of carbonyl (C=O) groups excluding carboxylic acids is 3. The van der Waals surface area contributed by atoms with Gasteiger partial charge in [-0.1, -0.05) is 43.0 Å². The highest BCUT2D eigenvalue weighted by atomic mass is 16.2. The summed E-state index contributed by atoms with van der Waals surface area (Å²) in [6.07, 6.45) is 9.17. The number of anilines is 1. The van der Waals surface area contributed by atoms with Crippen LogP contribution in [0.2, 0.25) is 0 Å². The van der Waals surface area contributed by atoms with E-state index in [0.29, 0.717) is 0 Å². The van der Waals surface area contributed by atoms with Crippen LogP contribution in [0, 0.1) is 18.8 Å². The zero-order valence-corrected chi connectivity index (χ0v) is 16.4. The van der Waals surface area contributed by atoms with Gasteiger partial charge in [0.1, 0.15) is 6.04 Å². The first kappa shape index (κ1) is 17.7. The molecular weight excluding hydrogens is 352 g/mol. The highest BCUT2D eigenvalue weighted by Crippen LogP contribution is 2.49. The molecule has 0 radical (unpaired) electrons. The Kier molecular flexibility index (Phi) is 3.97. The maximum atomic E-state index is 13.4. The molecule has 1 aromatic carbocycles. The van der Waals surface area contributed by atoms with E-state index in [1.165, 1.54) is 6.42 Å². The summed E-state index contributed by atoms with van der Waals surface area (Å²) in [5, 5.41) is 0. The van der Waals surface area contributed by atoms with Crippen molar-refractivity contribution in [2.24, 2.45) is 11.8 Å². The fraction of sp³-hybridized carbons (Fsp3) is 0.522. The second kappa shape index (κ2) is 6.29. The number of amides is 2. The summed E-state index contributed by atoms with van der Waals surface area (Å²) < 4.78 is 0. The van der Waals surface area contributed by atoms with Gasteiger partial charge in [0.2, 0.25) is 11.8 Å². The average molecular weight is 378 g/mol. The number of ketones is 1. The predicted octanol–water partition coefficient (Wildman–Crippen LogP) is 3.10. The van der Waals surface area contributed by atoms with Gasteiger partial charge in [-0.05, 0) is 44.4 Å². The molecule has 4 atom stereocenters. The van der Waals surface area contributed by atoms with E-state index in [2.05, 4.69) is 6.07 Å². The van der Waals surface area contributed by atoms with Crippen molar-refractivity contribution in [3.63, 3.8) is 0 Å². The standard InChI is InChI=1S/C23H26N2O3/c1-13-8-10-17-15(12-13)9-11-18-19-20(21(14(2)26)25(17)18)23(28)24(22(19)27)16-6-4-3-5-7-16/h8-12,16,18-21H,3-7H2,1-2H3/t18-,19+,20+,21+/m0/s1. The number of imide groups is 1. The van der Waals surface area contributed by atoms with Crippen molar-refractivity contribution in [3.05, 3.63) is 35.4 Å². The number of carbonyl (C=O) groups is 3. The van der Waals surface area contributed by atoms with Crippen LogP contribution in [0.25, 0.3) is 6.08 Å². The molecule has 0 unspecified atom stereocenters. The molecule has 4 aliphatic rings. The van der Waals surface area contributed by atoms with E-state index in [-0.39, 0.29) is 29.7 Å². The van der Waals surface area contributed by atoms with Gasteiger partial charge in [-0.25, -0.2) is 0 Å². The summed E-state index contributed by atoms with van der Waals surface area (Å²) >= 11 is 0. The lowest BCUT2D eigenvalue weighted by molar-refractivity contribution is -0.144. The van der Waals surface area contributed by atoms with E-state index in [9.17, 15) is 14.4 Å². The highest BCUT2D eigenvalue weighted by molar-refractivity contribution is 6.11. The maximum absolute atomic E-state index is 13.4. The second-order valence-corrected chi connectivity index (χ2v) is 8.76. The number of benzene rings is 1. The second-order valence-electron chi connectivity index (χ2n) is 8.76. The van der Waals surface area contributed by atoms with E-state index >= 15 is 0 Å². The molecule has 146 valence electrons. The summed E-state index contributed by atoms with van der Waals surface area (Å²) in [5.41, 5.74) is 3.15. The molecule has 1 saturated carbocycles. The number of likely N-dealkylation sites (tertiary alicyclic amines) is 1. The molecule has 3 aliphatic heterocycles. The molecule has 0 bridgehead atoms. The van der Waals surface area contributed by atoms with Gasteiger partial charge in [0.05, 0.1) is 17.9 Å². The monoisotopic (exact) mass is 378 g/mol. The summed E-state index contributed by atoms with van der Waals surface area (Å²) in [6, 6.07) is 5.36. The first-order chi connectivity index (χ1) is 13.5. The van der Waals surface area contributed by atoms with Gasteiger partial charge >= 0.3 is 0 Å². The fourth-order valence-corrected chi connectivity index (χ4v) is 5.87. The topological polar surface area (TPSA) is 57.7 Å². The summed E-state index contributed by atoms with van der Waals surface area (Å²) in [7, 11) is 0. The number of fused-ring (bicyclic) bond motifs is 5. The third-order valence-electron chi connectivity index (χ3n) is 7.05. The predicted molar refractivity (Wildman–Crippen MR) is 107 cm³/mol. The molecule has 0 aromatic heterocycles. The summed E-state index contributed by atoms with van der Waals surface area (Å²) in [4.78, 5) is 43.1. The molecule has 1 aliphatic carbocycles. The number of rotatable bonds is 2. The van der Waals surface area contributed by atoms with E-state index in [0.717, 1.165) is 42.5 Å². The van der Waals surface area contributed by atoms with Gasteiger partial charge in [-0.2, -0.15) is 0 Å². The van der Waals surface area contributed by atoms with Crippen LogP contribution in [0.15, 0.2) is 24.3 Å². The first-order valence-electron chi connectivity index (χ1n) is 10.4. The highest BCUT2D eigenvalue weighted by Gasteiger charge is 2.64. The van der Waals surface area contributed by atoms with Crippen LogP contribution < -0.4 is 4.90 Å². The van der Waals surface area contributed by atoms with Crippen LogP contribution in [0.1, 0.15) is 50.2 Å². The number of hydrogen-bond donors (Lipinski definition) is 0. The molecular formula is C23H26N2O3. The van der Waals surface area contributed by atoms with Gasteiger partial charge < -0.3 is 4.90 Å². The molecule has 3 fully saturated rings. The SMILES string of the molecule is CC(=O)[C@@H]1[C@@H]2C(=O)N(C3CCCCC3)C(=O)[C@@H]2[C@@H]2C=Cc3cc(C)ccc3N12. The van der Waals surface area contributed by atoms with Crippen LogP contribution in [-0.2, 0) is 14.4 Å². The van der Waals surface area contributed by atoms with Gasteiger partial charge in [0, 0.05) is 11.7 Å². The Balaban J connectivity index is 1.57. The quantitative estimate of drug-likeness (QED) is 0.742. The van der Waals surface area contributed by atoms with Crippen molar-refractivity contribution < 1.29 is 14.4 Å². The minimum absolute atomic E-state index is 0.0166. The van der Waals surface area contributed by atoms with Crippen LogP contribution in [-0.4, -0.2) is 40.6 Å². The minimum atomic E-state index is -0.563. The third kappa shape index (κ3) is 2.34. The molecule has 2 amide bonds. The minimum Gasteiger partial charge on any atom is -0.353 e. The lowest BCUT2D eigenvalue weighted by Crippen LogP contribution is -2.50. The number of nitrogens with zero attached hydrogens (tertiary/aromatic N) is 2. The molecule has 2 saturated heterocycles. The van der Waals surface area contributed by atoms with Crippen LogP contribution in [0.5, 0.6) is 0 Å². The Labute approximate surface area is 165 Å². The molecule has 0 N–H and O–H groups in total. The van der Waals surface area contributed by atoms with Gasteiger partial charge in [0.25, 0.3) is 0 Å². The zero-order valence-electron chi connectivity index (χ0n) is 16.4. The maximum Gasteiger partial charge on any atom is 0.236 e. The van der Waals surface area contributed by atoms with Crippen LogP contribution in [0.4, 0.5) is 5.69 Å². The summed E-state index contributed by atoms with van der Waals surface area (Å²) in [6.45, 7) is 3.59. The molecule has 1 aromatic rings. The Morgan fingerprint density at radius 1 is 1.04 bits per heavy atom. The van der Waals surface area contributed by atoms with E-state index in [4.69, 9.17) is 0 Å². The van der Waals surface area contributed by atoms with Crippen molar-refractivity contribution >= 4 is 29.4 Å². The molecule has 3 heterocycles. The van der Waals surface area contributed by atoms with Gasteiger partial charge in [-0.3, -0.25) is 19.3 Å². The normalized spacial score (nSPS) is 31.8. The van der Waals surface area contributed by atoms with Crippen molar-refractivity contribution in [3.8, 4) is 0 Å². The van der Waals surface area contributed by atoms with Crippen LogP contribution >= 0.6 is 0 Å². The van der Waals surface area contributed by atoms with Crippen molar-refractivity contribution in [2.75, 3.05) is 4.90 Å². The Hall–Kier alpha value is -2.43. The summed E-state index contributed by atoms with van der Waals surface area (Å²) in [5.74, 6) is -1.24. The fourth-order valence-electron chi connectivity index (χ4n) is 5.87. The number of Topliss-reactive ketones (excluding diaryl/α,β-unsaturated/α-hetero) is 1. The Bertz CT molecular complexity index is 899. The molecule has 5 rings (SSSR count). The van der Waals surface area contributed by atoms with E-state index < -0.39 is 17.9 Å². The number of hydrogen-bond acceptors (Lipinski definition) is 4. The zero-order chi connectivity index (χ0) is 19.6. The molecule has 0 spiro atoms. The van der Waals surface area contributed by atoms with Gasteiger partial charge in [-0.15, -0.1) is 0 Å². The first-order valence-corrected chi connectivity index (χ1v) is 10.4. The van der Waals surface area contributed by atoms with Crippen LogP contribution in [0.3, 0.4) is 0 Å². The lowest BCUT2D eigenvalue weighted by Gasteiger charge is -2.37. The van der Waals surface area contributed by atoms with Crippen molar-refractivity contribution in [1.82, 2.24) is 4.90 Å². The molecule has 28 heavy (non-hydrogen) atoms.